The van der Waals surface area contributed by atoms with Crippen molar-refractivity contribution in [2.45, 2.75) is 45.1 Å². The van der Waals surface area contributed by atoms with Gasteiger partial charge < -0.3 is 10.2 Å². The number of pyridine rings is 1. The van der Waals surface area contributed by atoms with Crippen LogP contribution in [0.1, 0.15) is 53.3 Å². The molecule has 3 heterocycles. The van der Waals surface area contributed by atoms with E-state index in [1.807, 2.05) is 17.2 Å². The zero-order chi connectivity index (χ0) is 22.9. The molecule has 3 aliphatic rings. The number of nitrogens with one attached hydrogen (secondary N) is 1. The molecule has 2 saturated heterocycles. The maximum Gasteiger partial charge on any atom is 0.222 e. The second-order valence-corrected chi connectivity index (χ2v) is 11.0. The smallest absolute Gasteiger partial charge is 0.222 e. The summed E-state index contributed by atoms with van der Waals surface area (Å²) in [5, 5.41) is 4.11. The first-order chi connectivity index (χ1) is 16.0. The number of aromatic nitrogens is 1. The summed E-state index contributed by atoms with van der Waals surface area (Å²) in [5.74, 6) is 0.794. The van der Waals surface area contributed by atoms with Crippen LogP contribution in [0, 0.1) is 12.8 Å². The molecule has 2 aliphatic heterocycles. The van der Waals surface area contributed by atoms with Crippen molar-refractivity contribution in [2.24, 2.45) is 5.92 Å². The number of fused-ring (bicyclic) bond motifs is 2. The number of rotatable bonds is 3. The molecule has 5 rings (SSSR count). The molecule has 0 radical (unpaired) electrons. The quantitative estimate of drug-likeness (QED) is 0.632. The van der Waals surface area contributed by atoms with Gasteiger partial charge in [-0.05, 0) is 86.0 Å². The Labute approximate surface area is 210 Å². The van der Waals surface area contributed by atoms with E-state index in [9.17, 15) is 4.79 Å². The van der Waals surface area contributed by atoms with Gasteiger partial charge in [0.05, 0.1) is 11.7 Å². The molecule has 1 aliphatic carbocycles. The van der Waals surface area contributed by atoms with Crippen molar-refractivity contribution in [3.05, 3.63) is 61.8 Å². The summed E-state index contributed by atoms with van der Waals surface area (Å²) < 4.78 is 1.07. The Morgan fingerprint density at radius 2 is 1.85 bits per heavy atom. The predicted octanol–water partition coefficient (Wildman–Crippen LogP) is 4.53. The van der Waals surface area contributed by atoms with E-state index in [1.165, 1.54) is 27.9 Å². The van der Waals surface area contributed by atoms with E-state index in [4.69, 9.17) is 16.6 Å². The van der Waals surface area contributed by atoms with E-state index in [0.717, 1.165) is 74.4 Å². The van der Waals surface area contributed by atoms with Crippen LogP contribution in [-0.2, 0) is 17.6 Å². The van der Waals surface area contributed by atoms with E-state index in [2.05, 4.69) is 45.2 Å². The summed E-state index contributed by atoms with van der Waals surface area (Å²) in [4.78, 5) is 22.4. The summed E-state index contributed by atoms with van der Waals surface area (Å²) in [7, 11) is 0. The highest BCUT2D eigenvalue weighted by Crippen LogP contribution is 2.42. The fourth-order valence-electron chi connectivity index (χ4n) is 5.70. The Balaban J connectivity index is 1.37. The molecule has 1 unspecified atom stereocenters. The van der Waals surface area contributed by atoms with Gasteiger partial charge in [-0.2, -0.15) is 0 Å². The van der Waals surface area contributed by atoms with Crippen LogP contribution in [0.4, 0.5) is 0 Å². The number of halogens is 2. The summed E-state index contributed by atoms with van der Waals surface area (Å²) in [6.45, 7) is 7.59. The Bertz CT molecular complexity index is 1030. The average Bonchev–Trinajstić information content (AvgIpc) is 2.97. The third kappa shape index (κ3) is 5.00. The van der Waals surface area contributed by atoms with Gasteiger partial charge in [-0.25, -0.2) is 0 Å². The molecule has 2 aromatic rings. The lowest BCUT2D eigenvalue weighted by atomic mass is 9.89. The number of likely N-dealkylation sites (tertiary alicyclic amines) is 1. The lowest BCUT2D eigenvalue weighted by Gasteiger charge is -2.39. The number of nitrogens with zero attached hydrogens (tertiary/aromatic N) is 3. The summed E-state index contributed by atoms with van der Waals surface area (Å²) in [5.41, 5.74) is 6.35. The Morgan fingerprint density at radius 1 is 1.12 bits per heavy atom. The van der Waals surface area contributed by atoms with Crippen molar-refractivity contribution in [1.29, 1.82) is 0 Å². The molecule has 0 bridgehead atoms. The van der Waals surface area contributed by atoms with Gasteiger partial charge >= 0.3 is 0 Å². The minimum Gasteiger partial charge on any atom is -0.340 e. The van der Waals surface area contributed by atoms with Gasteiger partial charge in [0.25, 0.3) is 0 Å². The van der Waals surface area contributed by atoms with Crippen molar-refractivity contribution in [3.8, 4) is 0 Å². The van der Waals surface area contributed by atoms with Crippen molar-refractivity contribution < 1.29 is 4.79 Å². The van der Waals surface area contributed by atoms with E-state index >= 15 is 0 Å². The molecule has 5 nitrogen and oxygen atoms in total. The number of amides is 1. The first-order valence-corrected chi connectivity index (χ1v) is 13.3. The first kappa shape index (κ1) is 23.3. The normalized spacial score (nSPS) is 21.9. The van der Waals surface area contributed by atoms with Gasteiger partial charge in [-0.1, -0.05) is 33.6 Å². The van der Waals surface area contributed by atoms with Crippen LogP contribution in [0.25, 0.3) is 0 Å². The third-order valence-corrected chi connectivity index (χ3v) is 8.34. The minimum absolute atomic E-state index is 0.120. The highest BCUT2D eigenvalue weighted by Gasteiger charge is 2.35. The number of hydrogen-bond acceptors (Lipinski definition) is 4. The number of hydrogen-bond donors (Lipinski definition) is 1. The monoisotopic (exact) mass is 530 g/mol. The van der Waals surface area contributed by atoms with Gasteiger partial charge in [0.1, 0.15) is 0 Å². The van der Waals surface area contributed by atoms with Crippen LogP contribution >= 0.6 is 27.5 Å². The molecule has 0 spiro atoms. The van der Waals surface area contributed by atoms with Crippen molar-refractivity contribution >= 4 is 33.4 Å². The van der Waals surface area contributed by atoms with Gasteiger partial charge in [0, 0.05) is 48.3 Å². The summed E-state index contributed by atoms with van der Waals surface area (Å²) in [6, 6.07) is 6.57. The number of aryl methyl sites for hydroxylation is 3. The van der Waals surface area contributed by atoms with Crippen LogP contribution in [0.15, 0.2) is 28.9 Å². The number of carbonyl (C=O) groups excluding carboxylic acids is 1. The molecule has 33 heavy (non-hydrogen) atoms. The number of benzene rings is 1. The molecule has 1 aromatic heterocycles. The predicted molar refractivity (Wildman–Crippen MR) is 136 cm³/mol. The van der Waals surface area contributed by atoms with Gasteiger partial charge in [-0.15, -0.1) is 0 Å². The molecule has 2 fully saturated rings. The Morgan fingerprint density at radius 3 is 2.61 bits per heavy atom. The van der Waals surface area contributed by atoms with Crippen LogP contribution in [0.5, 0.6) is 0 Å². The van der Waals surface area contributed by atoms with E-state index in [1.54, 1.807) is 0 Å². The van der Waals surface area contributed by atoms with Crippen molar-refractivity contribution in [1.82, 2.24) is 20.1 Å². The van der Waals surface area contributed by atoms with Gasteiger partial charge in [0.15, 0.2) is 0 Å². The number of carbonyl (C=O) groups is 1. The molecule has 1 N–H and O–H groups in total. The summed E-state index contributed by atoms with van der Waals surface area (Å²) in [6.07, 6.45) is 6.74. The fourth-order valence-corrected chi connectivity index (χ4v) is 6.80. The topological polar surface area (TPSA) is 48.5 Å². The van der Waals surface area contributed by atoms with E-state index < -0.39 is 0 Å². The largest absolute Gasteiger partial charge is 0.340 e. The Kier molecular flexibility index (Phi) is 7.07. The molecule has 1 atom stereocenters. The first-order valence-electron chi connectivity index (χ1n) is 12.2. The molecule has 7 heteroatoms. The SMILES string of the molecule is Cc1cnc2c(c1)CCc1cc(Cl)cc(Br)c1C2N1CCC(CC(=O)N2CCNCC2)CC1. The molecule has 1 aromatic carbocycles. The number of piperidine rings is 1. The van der Waals surface area contributed by atoms with Crippen molar-refractivity contribution in [2.75, 3.05) is 39.3 Å². The standard InChI is InChI=1S/C26H32BrClN4O/c1-17-12-20-3-2-19-14-21(28)15-22(27)24(19)26(25(20)30-16-17)32-8-4-18(5-9-32)13-23(33)31-10-6-29-7-11-31/h12,14-16,18,26,29H,2-11,13H2,1H3. The molecular weight excluding hydrogens is 500 g/mol. The highest BCUT2D eigenvalue weighted by molar-refractivity contribution is 9.10. The van der Waals surface area contributed by atoms with Crippen LogP contribution in [0.3, 0.4) is 0 Å². The number of piperazine rings is 1. The van der Waals surface area contributed by atoms with Gasteiger partial charge in [-0.3, -0.25) is 14.7 Å². The van der Waals surface area contributed by atoms with E-state index in [0.29, 0.717) is 18.2 Å². The average molecular weight is 532 g/mol. The Hall–Kier alpha value is -1.47. The fraction of sp³-hybridized carbons (Fsp3) is 0.538. The molecular formula is C26H32BrClN4O. The minimum atomic E-state index is 0.120. The lowest BCUT2D eigenvalue weighted by molar-refractivity contribution is -0.133. The second-order valence-electron chi connectivity index (χ2n) is 9.73. The maximum absolute atomic E-state index is 12.8. The molecule has 1 amide bonds. The maximum atomic E-state index is 12.8. The zero-order valence-electron chi connectivity index (χ0n) is 19.2. The van der Waals surface area contributed by atoms with Crippen LogP contribution in [-0.4, -0.2) is 60.0 Å². The van der Waals surface area contributed by atoms with Crippen molar-refractivity contribution in [3.63, 3.8) is 0 Å². The second kappa shape index (κ2) is 10.0. The lowest BCUT2D eigenvalue weighted by Crippen LogP contribution is -2.47. The van der Waals surface area contributed by atoms with E-state index in [-0.39, 0.29) is 6.04 Å². The molecule has 176 valence electrons. The van der Waals surface area contributed by atoms with Gasteiger partial charge in [0.2, 0.25) is 5.91 Å². The third-order valence-electron chi connectivity index (χ3n) is 7.46. The van der Waals surface area contributed by atoms with Crippen LogP contribution < -0.4 is 5.32 Å². The van der Waals surface area contributed by atoms with Crippen LogP contribution in [0.2, 0.25) is 5.02 Å². The molecule has 0 saturated carbocycles. The zero-order valence-corrected chi connectivity index (χ0v) is 21.6. The highest BCUT2D eigenvalue weighted by atomic mass is 79.9. The summed E-state index contributed by atoms with van der Waals surface area (Å²) >= 11 is 10.3.